The monoisotopic (exact) mass is 291 g/mol. The lowest BCUT2D eigenvalue weighted by Crippen LogP contribution is -2.37. The fourth-order valence-corrected chi connectivity index (χ4v) is 2.66. The Morgan fingerprint density at radius 2 is 2.14 bits per heavy atom. The highest BCUT2D eigenvalue weighted by molar-refractivity contribution is 5.81. The van der Waals surface area contributed by atoms with Crippen molar-refractivity contribution in [3.8, 4) is 0 Å². The molecule has 0 spiro atoms. The van der Waals surface area contributed by atoms with E-state index in [4.69, 9.17) is 9.84 Å². The zero-order valence-corrected chi connectivity index (χ0v) is 12.2. The van der Waals surface area contributed by atoms with E-state index in [0.29, 0.717) is 13.2 Å². The SMILES string of the molecule is CCCN(CC(=O)O)C(=O)CC1OCCc2ccccc21. The van der Waals surface area contributed by atoms with Crippen molar-refractivity contribution in [3.63, 3.8) is 0 Å². The molecule has 0 aliphatic carbocycles. The molecule has 21 heavy (non-hydrogen) atoms. The van der Waals surface area contributed by atoms with Gasteiger partial charge in [-0.3, -0.25) is 9.59 Å². The predicted octanol–water partition coefficient (Wildman–Crippen LogP) is 2.01. The number of ether oxygens (including phenoxy) is 1. The van der Waals surface area contributed by atoms with E-state index in [9.17, 15) is 9.59 Å². The summed E-state index contributed by atoms with van der Waals surface area (Å²) >= 11 is 0. The normalized spacial score (nSPS) is 17.1. The molecule has 0 saturated heterocycles. The Balaban J connectivity index is 2.06. The molecule has 2 rings (SSSR count). The van der Waals surface area contributed by atoms with Crippen LogP contribution in [0.5, 0.6) is 0 Å². The van der Waals surface area contributed by atoms with Crippen molar-refractivity contribution in [2.24, 2.45) is 0 Å². The average Bonchev–Trinajstić information content (AvgIpc) is 2.47. The molecule has 0 radical (unpaired) electrons. The first-order valence-corrected chi connectivity index (χ1v) is 7.30. The Morgan fingerprint density at radius 1 is 1.38 bits per heavy atom. The highest BCUT2D eigenvalue weighted by Gasteiger charge is 2.26. The number of fused-ring (bicyclic) bond motifs is 1. The third kappa shape index (κ3) is 4.04. The fourth-order valence-electron chi connectivity index (χ4n) is 2.66. The van der Waals surface area contributed by atoms with Gasteiger partial charge in [0.25, 0.3) is 0 Å². The van der Waals surface area contributed by atoms with E-state index < -0.39 is 5.97 Å². The number of carboxylic acids is 1. The molecular formula is C16H21NO4. The molecule has 114 valence electrons. The van der Waals surface area contributed by atoms with Crippen molar-refractivity contribution < 1.29 is 19.4 Å². The summed E-state index contributed by atoms with van der Waals surface area (Å²) < 4.78 is 5.71. The van der Waals surface area contributed by atoms with Gasteiger partial charge in [0.15, 0.2) is 0 Å². The second-order valence-electron chi connectivity index (χ2n) is 5.22. The molecule has 0 saturated carbocycles. The van der Waals surface area contributed by atoms with Crippen LogP contribution in [0.15, 0.2) is 24.3 Å². The summed E-state index contributed by atoms with van der Waals surface area (Å²) in [4.78, 5) is 24.6. The van der Waals surface area contributed by atoms with Crippen LogP contribution in [0.1, 0.15) is 37.0 Å². The smallest absolute Gasteiger partial charge is 0.323 e. The van der Waals surface area contributed by atoms with E-state index >= 15 is 0 Å². The van der Waals surface area contributed by atoms with Crippen molar-refractivity contribution in [1.29, 1.82) is 0 Å². The van der Waals surface area contributed by atoms with E-state index in [2.05, 4.69) is 6.07 Å². The first kappa shape index (κ1) is 15.5. The number of rotatable bonds is 6. The Hall–Kier alpha value is -1.88. The van der Waals surface area contributed by atoms with Crippen LogP contribution in [0, 0.1) is 0 Å². The quantitative estimate of drug-likeness (QED) is 0.870. The first-order valence-electron chi connectivity index (χ1n) is 7.30. The van der Waals surface area contributed by atoms with Crippen LogP contribution in [0.25, 0.3) is 0 Å². The largest absolute Gasteiger partial charge is 0.480 e. The van der Waals surface area contributed by atoms with Crippen molar-refractivity contribution >= 4 is 11.9 Å². The third-order valence-corrected chi connectivity index (χ3v) is 3.62. The summed E-state index contributed by atoms with van der Waals surface area (Å²) in [6, 6.07) is 7.95. The van der Waals surface area contributed by atoms with Gasteiger partial charge < -0.3 is 14.7 Å². The molecule has 5 nitrogen and oxygen atoms in total. The van der Waals surface area contributed by atoms with Crippen LogP contribution in [-0.4, -0.2) is 41.6 Å². The molecule has 1 unspecified atom stereocenters. The lowest BCUT2D eigenvalue weighted by Gasteiger charge is -2.28. The molecule has 1 amide bonds. The van der Waals surface area contributed by atoms with E-state index in [-0.39, 0.29) is 25.0 Å². The number of amides is 1. The minimum atomic E-state index is -0.984. The minimum absolute atomic E-state index is 0.166. The van der Waals surface area contributed by atoms with E-state index in [1.54, 1.807) is 0 Å². The van der Waals surface area contributed by atoms with Gasteiger partial charge in [0.1, 0.15) is 6.54 Å². The molecule has 1 aromatic rings. The minimum Gasteiger partial charge on any atom is -0.480 e. The number of hydrogen-bond donors (Lipinski definition) is 1. The Labute approximate surface area is 124 Å². The summed E-state index contributed by atoms with van der Waals surface area (Å²) in [7, 11) is 0. The van der Waals surface area contributed by atoms with Crippen molar-refractivity contribution in [2.75, 3.05) is 19.7 Å². The van der Waals surface area contributed by atoms with Crippen LogP contribution >= 0.6 is 0 Å². The molecule has 1 aliphatic heterocycles. The van der Waals surface area contributed by atoms with Crippen molar-refractivity contribution in [1.82, 2.24) is 4.90 Å². The third-order valence-electron chi connectivity index (χ3n) is 3.62. The van der Waals surface area contributed by atoms with Gasteiger partial charge in [0, 0.05) is 6.54 Å². The molecular weight excluding hydrogens is 270 g/mol. The zero-order chi connectivity index (χ0) is 15.2. The van der Waals surface area contributed by atoms with Crippen LogP contribution in [0.2, 0.25) is 0 Å². The van der Waals surface area contributed by atoms with Gasteiger partial charge >= 0.3 is 5.97 Å². The summed E-state index contributed by atoms with van der Waals surface area (Å²) in [5, 5.41) is 8.90. The lowest BCUT2D eigenvalue weighted by molar-refractivity contribution is -0.145. The van der Waals surface area contributed by atoms with Crippen LogP contribution in [-0.2, 0) is 20.7 Å². The van der Waals surface area contributed by atoms with Crippen molar-refractivity contribution in [3.05, 3.63) is 35.4 Å². The second kappa shape index (κ2) is 7.22. The zero-order valence-electron chi connectivity index (χ0n) is 12.2. The van der Waals surface area contributed by atoms with Gasteiger partial charge in [-0.2, -0.15) is 0 Å². The van der Waals surface area contributed by atoms with Crippen molar-refractivity contribution in [2.45, 2.75) is 32.3 Å². The van der Waals surface area contributed by atoms with Crippen LogP contribution in [0.4, 0.5) is 0 Å². The molecule has 0 aromatic heterocycles. The van der Waals surface area contributed by atoms with Gasteiger partial charge in [0.05, 0.1) is 19.1 Å². The number of hydrogen-bond acceptors (Lipinski definition) is 3. The van der Waals surface area contributed by atoms with Crippen LogP contribution < -0.4 is 0 Å². The molecule has 5 heteroatoms. The van der Waals surface area contributed by atoms with Gasteiger partial charge in [-0.25, -0.2) is 0 Å². The number of benzene rings is 1. The van der Waals surface area contributed by atoms with Gasteiger partial charge in [-0.1, -0.05) is 31.2 Å². The molecule has 1 aromatic carbocycles. The van der Waals surface area contributed by atoms with Gasteiger partial charge in [-0.05, 0) is 24.0 Å². The standard InChI is InChI=1S/C16H21NO4/c1-2-8-17(11-16(19)20)15(18)10-14-13-6-4-3-5-12(13)7-9-21-14/h3-6,14H,2,7-11H2,1H3,(H,19,20). The lowest BCUT2D eigenvalue weighted by atomic mass is 9.95. The molecule has 1 heterocycles. The second-order valence-corrected chi connectivity index (χ2v) is 5.22. The highest BCUT2D eigenvalue weighted by Crippen LogP contribution is 2.29. The highest BCUT2D eigenvalue weighted by atomic mass is 16.5. The Morgan fingerprint density at radius 3 is 2.86 bits per heavy atom. The maximum absolute atomic E-state index is 12.3. The molecule has 0 fully saturated rings. The summed E-state index contributed by atoms with van der Waals surface area (Å²) in [6.07, 6.45) is 1.52. The van der Waals surface area contributed by atoms with Crippen LogP contribution in [0.3, 0.4) is 0 Å². The Bertz CT molecular complexity index is 515. The first-order chi connectivity index (χ1) is 10.1. The van der Waals surface area contributed by atoms with E-state index in [1.807, 2.05) is 25.1 Å². The number of carboxylic acid groups (broad SMARTS) is 1. The maximum atomic E-state index is 12.3. The number of nitrogens with zero attached hydrogens (tertiary/aromatic N) is 1. The molecule has 1 N–H and O–H groups in total. The Kier molecular flexibility index (Phi) is 5.33. The predicted molar refractivity (Wildman–Crippen MR) is 78.0 cm³/mol. The maximum Gasteiger partial charge on any atom is 0.323 e. The fraction of sp³-hybridized carbons (Fsp3) is 0.500. The summed E-state index contributed by atoms with van der Waals surface area (Å²) in [5.74, 6) is -1.15. The number of aliphatic carboxylic acids is 1. The van der Waals surface area contributed by atoms with E-state index in [0.717, 1.165) is 18.4 Å². The van der Waals surface area contributed by atoms with E-state index in [1.165, 1.54) is 10.5 Å². The van der Waals surface area contributed by atoms with Gasteiger partial charge in [-0.15, -0.1) is 0 Å². The molecule has 1 aliphatic rings. The topological polar surface area (TPSA) is 66.8 Å². The number of carbonyl (C=O) groups is 2. The molecule has 0 bridgehead atoms. The summed E-state index contributed by atoms with van der Waals surface area (Å²) in [6.45, 7) is 2.73. The summed E-state index contributed by atoms with van der Waals surface area (Å²) in [5.41, 5.74) is 2.26. The van der Waals surface area contributed by atoms with Gasteiger partial charge in [0.2, 0.25) is 5.91 Å². The molecule has 1 atom stereocenters. The number of carbonyl (C=O) groups excluding carboxylic acids is 1. The average molecular weight is 291 g/mol.